The van der Waals surface area contributed by atoms with Crippen LogP contribution in [0.3, 0.4) is 0 Å². The summed E-state index contributed by atoms with van der Waals surface area (Å²) < 4.78 is 65.5. The molecule has 1 aromatic carbocycles. The highest BCUT2D eigenvalue weighted by Crippen LogP contribution is 2.27. The molecule has 0 aliphatic carbocycles. The topological polar surface area (TPSA) is 59.6 Å². The number of halogens is 5. The molecule has 0 aliphatic rings. The maximum absolute atomic E-state index is 13.4. The average Bonchev–Trinajstić information content (AvgIpc) is 2.26. The van der Waals surface area contributed by atoms with Crippen molar-refractivity contribution < 1.29 is 26.7 Å². The number of nitrogens with one attached hydrogen (secondary N) is 1. The van der Waals surface area contributed by atoms with Crippen molar-refractivity contribution in [2.45, 2.75) is 6.36 Å². The molecule has 10 heteroatoms. The van der Waals surface area contributed by atoms with Gasteiger partial charge in [-0.3, -0.25) is 5.43 Å². The van der Waals surface area contributed by atoms with Crippen LogP contribution in [0.2, 0.25) is 0 Å². The van der Waals surface area contributed by atoms with Crippen LogP contribution in [0.1, 0.15) is 5.56 Å². The van der Waals surface area contributed by atoms with Crippen molar-refractivity contribution >= 4 is 23.5 Å². The summed E-state index contributed by atoms with van der Waals surface area (Å²) in [6.45, 7) is 0. The van der Waals surface area contributed by atoms with E-state index >= 15 is 0 Å². The number of hydrazone groups is 1. The summed E-state index contributed by atoms with van der Waals surface area (Å²) in [4.78, 5) is 0. The van der Waals surface area contributed by atoms with Gasteiger partial charge in [0.2, 0.25) is 5.82 Å². The van der Waals surface area contributed by atoms with Gasteiger partial charge in [0, 0.05) is 5.56 Å². The fourth-order valence-electron chi connectivity index (χ4n) is 1.02. The molecule has 1 aromatic rings. The molecule has 0 radical (unpaired) electrons. The van der Waals surface area contributed by atoms with Crippen molar-refractivity contribution in [3.05, 3.63) is 29.3 Å². The zero-order valence-electron chi connectivity index (χ0n) is 8.96. The Morgan fingerprint density at radius 3 is 2.47 bits per heavy atom. The SMILES string of the molecule is NC(=S)NN=Cc1ccc(OC(F)(F)F)c(F)c1F. The Morgan fingerprint density at radius 1 is 1.32 bits per heavy atom. The number of thiocarbonyl (C=S) groups is 1. The summed E-state index contributed by atoms with van der Waals surface area (Å²) in [6, 6.07) is 1.47. The van der Waals surface area contributed by atoms with Crippen molar-refractivity contribution in [2.24, 2.45) is 10.8 Å². The second-order valence-electron chi connectivity index (χ2n) is 3.06. The zero-order chi connectivity index (χ0) is 14.6. The highest BCUT2D eigenvalue weighted by atomic mass is 32.1. The van der Waals surface area contributed by atoms with Gasteiger partial charge in [-0.05, 0) is 24.4 Å². The number of ether oxygens (including phenoxy) is 1. The molecule has 0 spiro atoms. The standard InChI is InChI=1S/C9H6F5N3OS/c10-6-4(3-16-17-8(15)19)1-2-5(7(6)11)18-9(12,13)14/h1-3H,(H3,15,17,19). The molecule has 1 rings (SSSR count). The number of benzene rings is 1. The third kappa shape index (κ3) is 4.66. The van der Waals surface area contributed by atoms with Gasteiger partial charge >= 0.3 is 6.36 Å². The highest BCUT2D eigenvalue weighted by Gasteiger charge is 2.33. The Morgan fingerprint density at radius 2 is 1.95 bits per heavy atom. The largest absolute Gasteiger partial charge is 0.573 e. The molecule has 0 unspecified atom stereocenters. The fourth-order valence-corrected chi connectivity index (χ4v) is 1.07. The molecule has 3 N–H and O–H groups in total. The third-order valence-electron chi connectivity index (χ3n) is 1.68. The Labute approximate surface area is 109 Å². The van der Waals surface area contributed by atoms with Gasteiger partial charge in [-0.2, -0.15) is 9.49 Å². The van der Waals surface area contributed by atoms with E-state index in [1.807, 2.05) is 0 Å². The van der Waals surface area contributed by atoms with Crippen LogP contribution < -0.4 is 15.9 Å². The summed E-state index contributed by atoms with van der Waals surface area (Å²) in [7, 11) is 0. The molecule has 19 heavy (non-hydrogen) atoms. The molecule has 0 amide bonds. The van der Waals surface area contributed by atoms with Gasteiger partial charge in [0.25, 0.3) is 0 Å². The Hall–Kier alpha value is -1.97. The molecule has 0 saturated carbocycles. The number of rotatable bonds is 3. The second kappa shape index (κ2) is 5.78. The minimum atomic E-state index is -5.11. The van der Waals surface area contributed by atoms with E-state index in [0.29, 0.717) is 6.07 Å². The molecule has 4 nitrogen and oxygen atoms in total. The van der Waals surface area contributed by atoms with Crippen LogP contribution in [-0.2, 0) is 0 Å². The van der Waals surface area contributed by atoms with Gasteiger partial charge in [-0.25, -0.2) is 4.39 Å². The lowest BCUT2D eigenvalue weighted by molar-refractivity contribution is -0.275. The van der Waals surface area contributed by atoms with Crippen molar-refractivity contribution in [3.8, 4) is 5.75 Å². The predicted molar refractivity (Wildman–Crippen MR) is 60.6 cm³/mol. The van der Waals surface area contributed by atoms with Crippen LogP contribution in [0.25, 0.3) is 0 Å². The lowest BCUT2D eigenvalue weighted by Crippen LogP contribution is -2.24. The van der Waals surface area contributed by atoms with Crippen LogP contribution in [-0.4, -0.2) is 17.7 Å². The molecular weight excluding hydrogens is 293 g/mol. The molecule has 0 heterocycles. The number of hydrogen-bond acceptors (Lipinski definition) is 3. The van der Waals surface area contributed by atoms with E-state index in [1.165, 1.54) is 0 Å². The van der Waals surface area contributed by atoms with Crippen molar-refractivity contribution in [2.75, 3.05) is 0 Å². The maximum atomic E-state index is 13.4. The number of nitrogens with two attached hydrogens (primary N) is 1. The molecule has 0 atom stereocenters. The molecular formula is C9H6F5N3OS. The summed E-state index contributed by atoms with van der Waals surface area (Å²) >= 11 is 4.39. The summed E-state index contributed by atoms with van der Waals surface area (Å²) in [5.41, 5.74) is 6.68. The Kier molecular flexibility index (Phi) is 4.59. The van der Waals surface area contributed by atoms with E-state index in [4.69, 9.17) is 5.73 Å². The highest BCUT2D eigenvalue weighted by molar-refractivity contribution is 7.80. The predicted octanol–water partition coefficient (Wildman–Crippen LogP) is 2.03. The van der Waals surface area contributed by atoms with Crippen LogP contribution in [0.15, 0.2) is 17.2 Å². The first-order chi connectivity index (χ1) is 8.70. The van der Waals surface area contributed by atoms with Crippen LogP contribution in [0.5, 0.6) is 5.75 Å². The van der Waals surface area contributed by atoms with E-state index in [0.717, 1.165) is 12.3 Å². The van der Waals surface area contributed by atoms with Gasteiger partial charge < -0.3 is 10.5 Å². The smallest absolute Gasteiger partial charge is 0.403 e. The fraction of sp³-hybridized carbons (Fsp3) is 0.111. The van der Waals surface area contributed by atoms with Crippen LogP contribution in [0, 0.1) is 11.6 Å². The quantitative estimate of drug-likeness (QED) is 0.388. The normalized spacial score (nSPS) is 11.6. The minimum absolute atomic E-state index is 0.214. The van der Waals surface area contributed by atoms with Gasteiger partial charge in [0.15, 0.2) is 16.7 Å². The lowest BCUT2D eigenvalue weighted by Gasteiger charge is -2.10. The van der Waals surface area contributed by atoms with Crippen molar-refractivity contribution in [1.82, 2.24) is 5.43 Å². The molecule has 0 aromatic heterocycles. The average molecular weight is 299 g/mol. The van der Waals surface area contributed by atoms with E-state index in [1.54, 1.807) is 0 Å². The molecule has 0 aliphatic heterocycles. The molecule has 0 bridgehead atoms. The third-order valence-corrected chi connectivity index (χ3v) is 1.77. The first-order valence-electron chi connectivity index (χ1n) is 4.53. The Balaban J connectivity index is 2.98. The van der Waals surface area contributed by atoms with E-state index in [9.17, 15) is 22.0 Å². The molecule has 0 saturated heterocycles. The van der Waals surface area contributed by atoms with Gasteiger partial charge in [0.05, 0.1) is 6.21 Å². The molecule has 0 fully saturated rings. The van der Waals surface area contributed by atoms with Gasteiger partial charge in [0.1, 0.15) is 0 Å². The van der Waals surface area contributed by atoms with Gasteiger partial charge in [-0.15, -0.1) is 13.2 Å². The number of hydrogen-bond donors (Lipinski definition) is 2. The first-order valence-corrected chi connectivity index (χ1v) is 4.94. The monoisotopic (exact) mass is 299 g/mol. The second-order valence-corrected chi connectivity index (χ2v) is 3.50. The lowest BCUT2D eigenvalue weighted by atomic mass is 10.2. The van der Waals surface area contributed by atoms with E-state index < -0.39 is 29.3 Å². The van der Waals surface area contributed by atoms with Crippen LogP contribution in [0.4, 0.5) is 22.0 Å². The van der Waals surface area contributed by atoms with Crippen LogP contribution >= 0.6 is 12.2 Å². The van der Waals surface area contributed by atoms with Crippen molar-refractivity contribution in [1.29, 1.82) is 0 Å². The Bertz CT molecular complexity index is 517. The summed E-state index contributed by atoms with van der Waals surface area (Å²) in [5.74, 6) is -4.60. The van der Waals surface area contributed by atoms with Crippen molar-refractivity contribution in [3.63, 3.8) is 0 Å². The van der Waals surface area contributed by atoms with E-state index in [-0.39, 0.29) is 5.11 Å². The summed E-state index contributed by atoms with van der Waals surface area (Å²) in [6.07, 6.45) is -4.31. The number of alkyl halides is 3. The van der Waals surface area contributed by atoms with E-state index in [2.05, 4.69) is 27.5 Å². The maximum Gasteiger partial charge on any atom is 0.573 e. The number of nitrogens with zero attached hydrogens (tertiary/aromatic N) is 1. The zero-order valence-corrected chi connectivity index (χ0v) is 9.78. The first kappa shape index (κ1) is 15.1. The minimum Gasteiger partial charge on any atom is -0.403 e. The summed E-state index contributed by atoms with van der Waals surface area (Å²) in [5, 5.41) is 3.12. The molecule has 104 valence electrons. The van der Waals surface area contributed by atoms with Gasteiger partial charge in [-0.1, -0.05) is 0 Å².